The molecule has 0 radical (unpaired) electrons. The Morgan fingerprint density at radius 1 is 0.920 bits per heavy atom. The van der Waals surface area contributed by atoms with Gasteiger partial charge in [0.15, 0.2) is 13.1 Å². The number of nitrogens with one attached hydrogen (secondary N) is 3. The van der Waals surface area contributed by atoms with Crippen molar-refractivity contribution >= 4 is 39.1 Å². The number of benzene rings is 2. The lowest BCUT2D eigenvalue weighted by molar-refractivity contribution is -0.862. The van der Waals surface area contributed by atoms with Gasteiger partial charge in [0.2, 0.25) is 0 Å². The van der Waals surface area contributed by atoms with E-state index < -0.39 is 0 Å². The fraction of sp³-hybridized carbons (Fsp3) is 0.263. The summed E-state index contributed by atoms with van der Waals surface area (Å²) in [6, 6.07) is 13.3. The Balaban J connectivity index is 1.81. The van der Waals surface area contributed by atoms with Crippen LogP contribution in [0.5, 0.6) is 0 Å². The van der Waals surface area contributed by atoms with Crippen molar-refractivity contribution in [3.05, 3.63) is 58.1 Å². The van der Waals surface area contributed by atoms with Crippen LogP contribution in [0.3, 0.4) is 0 Å². The lowest BCUT2D eigenvalue weighted by Gasteiger charge is -2.14. The van der Waals surface area contributed by atoms with Gasteiger partial charge in [0.05, 0.1) is 7.05 Å². The summed E-state index contributed by atoms with van der Waals surface area (Å²) in [5.41, 5.74) is 3.71. The first kappa shape index (κ1) is 19.1. The van der Waals surface area contributed by atoms with Crippen LogP contribution < -0.4 is 15.5 Å². The van der Waals surface area contributed by atoms with Crippen molar-refractivity contribution in [1.82, 2.24) is 0 Å². The Labute approximate surface area is 156 Å². The molecule has 0 fully saturated rings. The van der Waals surface area contributed by atoms with Crippen molar-refractivity contribution in [2.75, 3.05) is 30.8 Å². The minimum Gasteiger partial charge on any atom is -0.322 e. The van der Waals surface area contributed by atoms with Crippen LogP contribution in [-0.2, 0) is 9.59 Å². The molecule has 25 heavy (non-hydrogen) atoms. The van der Waals surface area contributed by atoms with E-state index >= 15 is 0 Å². The molecule has 132 valence electrons. The molecular formula is C19H23BrN3O2+. The fourth-order valence-electron chi connectivity index (χ4n) is 2.38. The zero-order valence-electron chi connectivity index (χ0n) is 14.7. The molecule has 5 nitrogen and oxygen atoms in total. The Hall–Kier alpha value is -2.18. The highest BCUT2D eigenvalue weighted by Gasteiger charge is 2.14. The predicted molar refractivity (Wildman–Crippen MR) is 104 cm³/mol. The van der Waals surface area contributed by atoms with E-state index in [1.54, 1.807) is 0 Å². The van der Waals surface area contributed by atoms with Gasteiger partial charge in [0.25, 0.3) is 11.8 Å². The van der Waals surface area contributed by atoms with E-state index in [1.807, 2.05) is 63.4 Å². The predicted octanol–water partition coefficient (Wildman–Crippen LogP) is 2.16. The van der Waals surface area contributed by atoms with Crippen molar-refractivity contribution in [1.29, 1.82) is 0 Å². The fourth-order valence-corrected chi connectivity index (χ4v) is 2.63. The molecule has 2 amide bonds. The number of anilines is 2. The largest absolute Gasteiger partial charge is 0.322 e. The van der Waals surface area contributed by atoms with E-state index in [1.165, 1.54) is 0 Å². The second kappa shape index (κ2) is 8.78. The zero-order valence-corrected chi connectivity index (χ0v) is 16.2. The summed E-state index contributed by atoms with van der Waals surface area (Å²) in [7, 11) is 1.82. The maximum atomic E-state index is 12.1. The van der Waals surface area contributed by atoms with Gasteiger partial charge in [-0.15, -0.1) is 0 Å². The van der Waals surface area contributed by atoms with Crippen molar-refractivity contribution in [3.8, 4) is 0 Å². The highest BCUT2D eigenvalue weighted by atomic mass is 79.9. The highest BCUT2D eigenvalue weighted by Crippen LogP contribution is 2.19. The van der Waals surface area contributed by atoms with Gasteiger partial charge in [0, 0.05) is 15.8 Å². The number of hydrogen-bond donors (Lipinski definition) is 3. The lowest BCUT2D eigenvalue weighted by atomic mass is 10.2. The molecule has 0 bridgehead atoms. The van der Waals surface area contributed by atoms with Crippen molar-refractivity contribution in [3.63, 3.8) is 0 Å². The third-order valence-electron chi connectivity index (χ3n) is 3.70. The van der Waals surface area contributed by atoms with Gasteiger partial charge in [-0.2, -0.15) is 0 Å². The van der Waals surface area contributed by atoms with E-state index in [2.05, 4.69) is 26.6 Å². The van der Waals surface area contributed by atoms with E-state index in [0.29, 0.717) is 0 Å². The molecule has 3 N–H and O–H groups in total. The van der Waals surface area contributed by atoms with Gasteiger partial charge in [-0.05, 0) is 49.7 Å². The standard InChI is InChI=1S/C19H22BrN3O2/c1-13-4-6-15(7-5-13)21-18(24)11-23(3)12-19(25)22-16-8-9-17(20)14(2)10-16/h4-10H,11-12H2,1-3H3,(H,21,24)(H,22,25)/p+1. The molecule has 6 heteroatoms. The van der Waals surface area contributed by atoms with Gasteiger partial charge < -0.3 is 15.5 Å². The van der Waals surface area contributed by atoms with E-state index in [0.717, 1.165) is 31.9 Å². The lowest BCUT2D eigenvalue weighted by Crippen LogP contribution is -3.11. The Morgan fingerprint density at radius 3 is 2.00 bits per heavy atom. The van der Waals surface area contributed by atoms with Crippen molar-refractivity contribution in [2.45, 2.75) is 13.8 Å². The van der Waals surface area contributed by atoms with E-state index in [4.69, 9.17) is 0 Å². The van der Waals surface area contributed by atoms with Crippen LogP contribution in [0.1, 0.15) is 11.1 Å². The van der Waals surface area contributed by atoms with Gasteiger partial charge in [-0.1, -0.05) is 33.6 Å². The number of halogens is 1. The molecular weight excluding hydrogens is 382 g/mol. The smallest absolute Gasteiger partial charge is 0.279 e. The number of aryl methyl sites for hydroxylation is 2. The molecule has 0 saturated carbocycles. The Kier molecular flexibility index (Phi) is 6.73. The van der Waals surface area contributed by atoms with Crippen molar-refractivity contribution < 1.29 is 14.5 Å². The van der Waals surface area contributed by atoms with Crippen LogP contribution in [0.2, 0.25) is 0 Å². The molecule has 0 saturated heterocycles. The second-order valence-corrected chi connectivity index (χ2v) is 7.09. The molecule has 0 aliphatic carbocycles. The molecule has 0 aromatic heterocycles. The average Bonchev–Trinajstić information content (AvgIpc) is 2.52. The third kappa shape index (κ3) is 6.32. The van der Waals surface area contributed by atoms with E-state index in [9.17, 15) is 9.59 Å². The summed E-state index contributed by atoms with van der Waals surface area (Å²) in [6.45, 7) is 4.40. The van der Waals surface area contributed by atoms with Gasteiger partial charge in [-0.3, -0.25) is 9.59 Å². The molecule has 1 unspecified atom stereocenters. The van der Waals surface area contributed by atoms with Crippen LogP contribution in [0.25, 0.3) is 0 Å². The van der Waals surface area contributed by atoms with Crippen LogP contribution in [-0.4, -0.2) is 32.0 Å². The summed E-state index contributed by atoms with van der Waals surface area (Å²) >= 11 is 3.43. The minimum atomic E-state index is -0.123. The number of rotatable bonds is 6. The number of carbonyl (C=O) groups excluding carboxylic acids is 2. The number of hydrogen-bond acceptors (Lipinski definition) is 2. The molecule has 0 heterocycles. The molecule has 0 spiro atoms. The normalized spacial score (nSPS) is 11.7. The maximum Gasteiger partial charge on any atom is 0.279 e. The Bertz CT molecular complexity index is 760. The van der Waals surface area contributed by atoms with Gasteiger partial charge in [-0.25, -0.2) is 0 Å². The van der Waals surface area contributed by atoms with Crippen LogP contribution in [0, 0.1) is 13.8 Å². The van der Waals surface area contributed by atoms with Crippen LogP contribution >= 0.6 is 15.9 Å². The monoisotopic (exact) mass is 404 g/mol. The number of likely N-dealkylation sites (N-methyl/N-ethyl adjacent to an activating group) is 1. The number of amides is 2. The summed E-state index contributed by atoms with van der Waals surface area (Å²) < 4.78 is 1.00. The third-order valence-corrected chi connectivity index (χ3v) is 4.59. The van der Waals surface area contributed by atoms with Crippen LogP contribution in [0.4, 0.5) is 11.4 Å². The zero-order chi connectivity index (χ0) is 18.4. The Morgan fingerprint density at radius 2 is 1.44 bits per heavy atom. The first-order chi connectivity index (χ1) is 11.8. The topological polar surface area (TPSA) is 62.6 Å². The quantitative estimate of drug-likeness (QED) is 0.690. The molecule has 0 aliphatic rings. The second-order valence-electron chi connectivity index (χ2n) is 6.24. The SMILES string of the molecule is Cc1ccc(NC(=O)C[NH+](C)CC(=O)Nc2ccc(Br)c(C)c2)cc1. The number of quaternary nitrogens is 1. The summed E-state index contributed by atoms with van der Waals surface area (Å²) in [6.07, 6.45) is 0. The summed E-state index contributed by atoms with van der Waals surface area (Å²) in [5.74, 6) is -0.240. The summed E-state index contributed by atoms with van der Waals surface area (Å²) in [4.78, 5) is 25.0. The van der Waals surface area contributed by atoms with E-state index in [-0.39, 0.29) is 24.9 Å². The molecule has 2 aromatic carbocycles. The minimum absolute atomic E-state index is 0.117. The molecule has 2 rings (SSSR count). The average molecular weight is 405 g/mol. The van der Waals surface area contributed by atoms with Gasteiger partial charge in [0.1, 0.15) is 0 Å². The van der Waals surface area contributed by atoms with Gasteiger partial charge >= 0.3 is 0 Å². The number of carbonyl (C=O) groups is 2. The molecule has 0 aliphatic heterocycles. The first-order valence-corrected chi connectivity index (χ1v) is 8.86. The van der Waals surface area contributed by atoms with Crippen LogP contribution in [0.15, 0.2) is 46.9 Å². The molecule has 1 atom stereocenters. The molecule has 2 aromatic rings. The maximum absolute atomic E-state index is 12.1. The first-order valence-electron chi connectivity index (χ1n) is 8.07. The van der Waals surface area contributed by atoms with Crippen molar-refractivity contribution in [2.24, 2.45) is 0 Å². The highest BCUT2D eigenvalue weighted by molar-refractivity contribution is 9.10. The summed E-state index contributed by atoms with van der Waals surface area (Å²) in [5, 5.41) is 5.70.